The zero-order valence-corrected chi connectivity index (χ0v) is 18.4. The van der Waals surface area contributed by atoms with Gasteiger partial charge in [-0.25, -0.2) is 4.39 Å². The first-order valence-electron chi connectivity index (χ1n) is 11.0. The number of carbonyl (C=O) groups is 2. The maximum atomic E-state index is 13.6. The van der Waals surface area contributed by atoms with E-state index in [1.54, 1.807) is 12.1 Å². The molecule has 5 heteroatoms. The van der Waals surface area contributed by atoms with Crippen molar-refractivity contribution in [1.29, 1.82) is 0 Å². The van der Waals surface area contributed by atoms with Gasteiger partial charge in [-0.15, -0.1) is 0 Å². The SMILES string of the molecule is CCC(=O)N1c2ccccc2[C@H](N(C(=O)Cc2ccc(F)cc2)c2ccccc2)C[C@H]1C. The topological polar surface area (TPSA) is 40.6 Å². The van der Waals surface area contributed by atoms with Gasteiger partial charge in [0.1, 0.15) is 5.82 Å². The van der Waals surface area contributed by atoms with Gasteiger partial charge in [0, 0.05) is 23.8 Å². The highest BCUT2D eigenvalue weighted by Crippen LogP contribution is 2.42. The molecule has 3 aromatic rings. The fraction of sp³-hybridized carbons (Fsp3) is 0.259. The first-order chi connectivity index (χ1) is 15.5. The molecule has 1 aliphatic heterocycles. The number of fused-ring (bicyclic) bond motifs is 1. The summed E-state index contributed by atoms with van der Waals surface area (Å²) < 4.78 is 13.4. The largest absolute Gasteiger partial charge is 0.309 e. The van der Waals surface area contributed by atoms with Gasteiger partial charge in [-0.1, -0.05) is 55.5 Å². The van der Waals surface area contributed by atoms with Crippen LogP contribution in [0.5, 0.6) is 0 Å². The Morgan fingerprint density at radius 1 is 0.969 bits per heavy atom. The molecule has 0 aromatic heterocycles. The quantitative estimate of drug-likeness (QED) is 0.523. The smallest absolute Gasteiger partial charge is 0.231 e. The minimum absolute atomic E-state index is 0.0489. The molecule has 0 radical (unpaired) electrons. The van der Waals surface area contributed by atoms with Crippen LogP contribution in [-0.4, -0.2) is 17.9 Å². The predicted octanol–water partition coefficient (Wildman–Crippen LogP) is 5.68. The van der Waals surface area contributed by atoms with E-state index in [1.165, 1.54) is 12.1 Å². The Hall–Kier alpha value is -3.47. The molecule has 32 heavy (non-hydrogen) atoms. The van der Waals surface area contributed by atoms with Crippen LogP contribution in [0.15, 0.2) is 78.9 Å². The van der Waals surface area contributed by atoms with E-state index < -0.39 is 0 Å². The number of hydrogen-bond donors (Lipinski definition) is 0. The lowest BCUT2D eigenvalue weighted by atomic mass is 9.89. The van der Waals surface area contributed by atoms with E-state index in [4.69, 9.17) is 0 Å². The van der Waals surface area contributed by atoms with Crippen LogP contribution in [0, 0.1) is 5.82 Å². The lowest BCUT2D eigenvalue weighted by molar-refractivity contribution is -0.118. The molecule has 0 aliphatic carbocycles. The molecular formula is C27H27FN2O2. The first kappa shape index (κ1) is 21.8. The Kier molecular flexibility index (Phi) is 6.35. The number of halogens is 1. The second-order valence-electron chi connectivity index (χ2n) is 8.18. The second kappa shape index (κ2) is 9.35. The zero-order valence-electron chi connectivity index (χ0n) is 18.4. The molecule has 0 saturated carbocycles. The van der Waals surface area contributed by atoms with E-state index in [-0.39, 0.29) is 36.1 Å². The molecule has 0 unspecified atom stereocenters. The molecule has 164 valence electrons. The number of benzene rings is 3. The van der Waals surface area contributed by atoms with Gasteiger partial charge in [0.2, 0.25) is 11.8 Å². The van der Waals surface area contributed by atoms with Gasteiger partial charge in [-0.05, 0) is 54.8 Å². The molecule has 0 fully saturated rings. The van der Waals surface area contributed by atoms with Gasteiger partial charge >= 0.3 is 0 Å². The Morgan fingerprint density at radius 3 is 2.31 bits per heavy atom. The van der Waals surface area contributed by atoms with Gasteiger partial charge < -0.3 is 9.80 Å². The average molecular weight is 431 g/mol. The maximum absolute atomic E-state index is 13.6. The molecule has 1 heterocycles. The molecule has 0 saturated heterocycles. The van der Waals surface area contributed by atoms with Gasteiger partial charge in [-0.3, -0.25) is 9.59 Å². The fourth-order valence-corrected chi connectivity index (χ4v) is 4.53. The molecular weight excluding hydrogens is 403 g/mol. The molecule has 4 rings (SSSR count). The third-order valence-electron chi connectivity index (χ3n) is 6.01. The van der Waals surface area contributed by atoms with Crippen molar-refractivity contribution in [3.63, 3.8) is 0 Å². The summed E-state index contributed by atoms with van der Waals surface area (Å²) in [5, 5.41) is 0. The van der Waals surface area contributed by atoms with Crippen molar-refractivity contribution in [3.05, 3.63) is 95.8 Å². The summed E-state index contributed by atoms with van der Waals surface area (Å²) in [5.41, 5.74) is 3.39. The molecule has 0 spiro atoms. The minimum atomic E-state index is -0.322. The van der Waals surface area contributed by atoms with Crippen molar-refractivity contribution in [3.8, 4) is 0 Å². The van der Waals surface area contributed by atoms with Crippen LogP contribution < -0.4 is 9.80 Å². The highest BCUT2D eigenvalue weighted by Gasteiger charge is 2.38. The zero-order chi connectivity index (χ0) is 22.7. The standard InChI is InChI=1S/C27H27FN2O2/c1-3-26(31)29-19(2)17-25(23-11-7-8-12-24(23)29)30(22-9-5-4-6-10-22)27(32)18-20-13-15-21(28)16-14-20/h4-16,19,25H,3,17-18H2,1-2H3/t19-,25-/m1/s1. The van der Waals surface area contributed by atoms with E-state index >= 15 is 0 Å². The van der Waals surface area contributed by atoms with Crippen molar-refractivity contribution in [2.75, 3.05) is 9.80 Å². The summed E-state index contributed by atoms with van der Waals surface area (Å²) in [6.07, 6.45) is 1.22. The van der Waals surface area contributed by atoms with Gasteiger partial charge in [0.15, 0.2) is 0 Å². The molecule has 2 atom stereocenters. The van der Waals surface area contributed by atoms with E-state index in [9.17, 15) is 14.0 Å². The number of amides is 2. The van der Waals surface area contributed by atoms with Crippen molar-refractivity contribution in [2.24, 2.45) is 0 Å². The third kappa shape index (κ3) is 4.28. The fourth-order valence-electron chi connectivity index (χ4n) is 4.53. The molecule has 0 bridgehead atoms. The molecule has 3 aromatic carbocycles. The maximum Gasteiger partial charge on any atom is 0.231 e. The van der Waals surface area contributed by atoms with Crippen molar-refractivity contribution >= 4 is 23.2 Å². The monoisotopic (exact) mass is 430 g/mol. The van der Waals surface area contributed by atoms with E-state index in [0.29, 0.717) is 12.8 Å². The number of carbonyl (C=O) groups excluding carboxylic acids is 2. The average Bonchev–Trinajstić information content (AvgIpc) is 2.81. The Morgan fingerprint density at radius 2 is 1.62 bits per heavy atom. The van der Waals surface area contributed by atoms with Crippen LogP contribution in [-0.2, 0) is 16.0 Å². The summed E-state index contributed by atoms with van der Waals surface area (Å²) in [4.78, 5) is 30.0. The van der Waals surface area contributed by atoms with E-state index in [2.05, 4.69) is 0 Å². The van der Waals surface area contributed by atoms with Crippen LogP contribution in [0.1, 0.15) is 43.9 Å². The molecule has 0 N–H and O–H groups in total. The first-order valence-corrected chi connectivity index (χ1v) is 11.0. The summed E-state index contributed by atoms with van der Waals surface area (Å²) >= 11 is 0. The highest BCUT2D eigenvalue weighted by atomic mass is 19.1. The number of para-hydroxylation sites is 2. The Bertz CT molecular complexity index is 1100. The van der Waals surface area contributed by atoms with E-state index in [0.717, 1.165) is 22.5 Å². The lowest BCUT2D eigenvalue weighted by Crippen LogP contribution is -2.48. The minimum Gasteiger partial charge on any atom is -0.309 e. The summed E-state index contributed by atoms with van der Waals surface area (Å²) in [6, 6.07) is 23.2. The van der Waals surface area contributed by atoms with Crippen LogP contribution in [0.2, 0.25) is 0 Å². The van der Waals surface area contributed by atoms with Gasteiger partial charge in [0.25, 0.3) is 0 Å². The third-order valence-corrected chi connectivity index (χ3v) is 6.01. The number of anilines is 2. The van der Waals surface area contributed by atoms with Gasteiger partial charge in [0.05, 0.1) is 12.5 Å². The predicted molar refractivity (Wildman–Crippen MR) is 125 cm³/mol. The van der Waals surface area contributed by atoms with Crippen LogP contribution >= 0.6 is 0 Å². The van der Waals surface area contributed by atoms with Crippen molar-refractivity contribution in [1.82, 2.24) is 0 Å². The summed E-state index contributed by atoms with van der Waals surface area (Å²) in [7, 11) is 0. The number of hydrogen-bond acceptors (Lipinski definition) is 2. The molecule has 2 amide bonds. The number of rotatable bonds is 5. The summed E-state index contributed by atoms with van der Waals surface area (Å²) in [5.74, 6) is -0.311. The second-order valence-corrected chi connectivity index (χ2v) is 8.18. The van der Waals surface area contributed by atoms with Crippen molar-refractivity contribution in [2.45, 2.75) is 45.2 Å². The van der Waals surface area contributed by atoms with Gasteiger partial charge in [-0.2, -0.15) is 0 Å². The Labute approximate surface area is 188 Å². The normalized spacial score (nSPS) is 17.5. The molecule has 4 nitrogen and oxygen atoms in total. The van der Waals surface area contributed by atoms with E-state index in [1.807, 2.05) is 78.2 Å². The van der Waals surface area contributed by atoms with Crippen LogP contribution in [0.4, 0.5) is 15.8 Å². The van der Waals surface area contributed by atoms with Crippen molar-refractivity contribution < 1.29 is 14.0 Å². The summed E-state index contributed by atoms with van der Waals surface area (Å²) in [6.45, 7) is 3.90. The lowest BCUT2D eigenvalue weighted by Gasteiger charge is -2.43. The highest BCUT2D eigenvalue weighted by molar-refractivity contribution is 5.98. The number of nitrogens with zero attached hydrogens (tertiary/aromatic N) is 2. The van der Waals surface area contributed by atoms with Crippen LogP contribution in [0.25, 0.3) is 0 Å². The van der Waals surface area contributed by atoms with Crippen LogP contribution in [0.3, 0.4) is 0 Å². The Balaban J connectivity index is 1.76. The molecule has 1 aliphatic rings.